The van der Waals surface area contributed by atoms with E-state index in [-0.39, 0.29) is 18.1 Å². The summed E-state index contributed by atoms with van der Waals surface area (Å²) >= 11 is 0. The molecule has 19 heavy (non-hydrogen) atoms. The quantitative estimate of drug-likeness (QED) is 0.461. The van der Waals surface area contributed by atoms with E-state index in [1.165, 1.54) is 12.1 Å². The lowest BCUT2D eigenvalue weighted by molar-refractivity contribution is -0.385. The minimum Gasteiger partial charge on any atom is -0.466 e. The summed E-state index contributed by atoms with van der Waals surface area (Å²) in [5.74, 6) is -0.308. The van der Waals surface area contributed by atoms with Crippen LogP contribution in [0.1, 0.15) is 18.9 Å². The molecule has 0 spiro atoms. The molecule has 1 aromatic rings. The second-order valence-corrected chi connectivity index (χ2v) is 4.56. The summed E-state index contributed by atoms with van der Waals surface area (Å²) < 4.78 is 10.1. The highest BCUT2D eigenvalue weighted by Gasteiger charge is 2.43. The van der Waals surface area contributed by atoms with Crippen LogP contribution in [0.4, 0.5) is 5.69 Å². The van der Waals surface area contributed by atoms with Gasteiger partial charge in [0.1, 0.15) is 0 Å². The van der Waals surface area contributed by atoms with Crippen LogP contribution >= 0.6 is 0 Å². The van der Waals surface area contributed by atoms with Crippen molar-refractivity contribution < 1.29 is 19.2 Å². The van der Waals surface area contributed by atoms with Crippen LogP contribution in [0.5, 0.6) is 0 Å². The first-order valence-corrected chi connectivity index (χ1v) is 6.06. The molecule has 6 nitrogen and oxygen atoms in total. The van der Waals surface area contributed by atoms with Gasteiger partial charge in [-0.15, -0.1) is 0 Å². The van der Waals surface area contributed by atoms with Crippen molar-refractivity contribution in [2.45, 2.75) is 18.8 Å². The van der Waals surface area contributed by atoms with Gasteiger partial charge in [0.05, 0.1) is 36.6 Å². The molecule has 0 unspecified atom stereocenters. The first-order chi connectivity index (χ1) is 9.07. The van der Waals surface area contributed by atoms with Crippen molar-refractivity contribution in [1.82, 2.24) is 0 Å². The Balaban J connectivity index is 2.23. The third kappa shape index (κ3) is 2.73. The zero-order chi connectivity index (χ0) is 13.9. The summed E-state index contributed by atoms with van der Waals surface area (Å²) in [5, 5.41) is 10.8. The Hall–Kier alpha value is -1.95. The van der Waals surface area contributed by atoms with E-state index in [1.54, 1.807) is 19.1 Å². The zero-order valence-electron chi connectivity index (χ0n) is 10.6. The van der Waals surface area contributed by atoms with Gasteiger partial charge < -0.3 is 9.47 Å². The average molecular weight is 265 g/mol. The normalized spacial score (nSPS) is 16.5. The topological polar surface area (TPSA) is 78.7 Å². The zero-order valence-corrected chi connectivity index (χ0v) is 10.6. The Morgan fingerprint density at radius 3 is 2.79 bits per heavy atom. The number of esters is 1. The molecular formula is C13H15NO5. The van der Waals surface area contributed by atoms with Crippen LogP contribution in [-0.2, 0) is 19.7 Å². The molecule has 0 bridgehead atoms. The van der Waals surface area contributed by atoms with Gasteiger partial charge in [-0.3, -0.25) is 14.9 Å². The molecule has 1 aliphatic rings. The second-order valence-electron chi connectivity index (χ2n) is 4.56. The van der Waals surface area contributed by atoms with Gasteiger partial charge in [0, 0.05) is 12.1 Å². The number of rotatable bonds is 5. The van der Waals surface area contributed by atoms with Crippen LogP contribution in [-0.4, -0.2) is 30.7 Å². The molecule has 0 atom stereocenters. The minimum atomic E-state index is -0.488. The fourth-order valence-corrected chi connectivity index (χ4v) is 2.16. The highest BCUT2D eigenvalue weighted by Crippen LogP contribution is 2.37. The van der Waals surface area contributed by atoms with Gasteiger partial charge in [0.15, 0.2) is 0 Å². The highest BCUT2D eigenvalue weighted by atomic mass is 16.6. The average Bonchev–Trinajstić information content (AvgIpc) is 2.34. The van der Waals surface area contributed by atoms with E-state index in [0.717, 1.165) is 5.56 Å². The van der Waals surface area contributed by atoms with Crippen molar-refractivity contribution >= 4 is 11.7 Å². The predicted molar refractivity (Wildman–Crippen MR) is 66.8 cm³/mol. The number of ether oxygens (including phenoxy) is 2. The molecule has 1 saturated heterocycles. The monoisotopic (exact) mass is 265 g/mol. The number of nitro benzene ring substituents is 1. The number of hydrogen-bond donors (Lipinski definition) is 0. The number of nitrogens with zero attached hydrogens (tertiary/aromatic N) is 1. The van der Waals surface area contributed by atoms with Gasteiger partial charge in [-0.05, 0) is 12.5 Å². The Morgan fingerprint density at radius 2 is 2.26 bits per heavy atom. The maximum absolute atomic E-state index is 11.6. The molecule has 102 valence electrons. The van der Waals surface area contributed by atoms with Crippen LogP contribution in [0.15, 0.2) is 24.3 Å². The Morgan fingerprint density at radius 1 is 1.53 bits per heavy atom. The van der Waals surface area contributed by atoms with Crippen LogP contribution in [0.3, 0.4) is 0 Å². The summed E-state index contributed by atoms with van der Waals surface area (Å²) in [6, 6.07) is 6.34. The molecule has 0 aromatic heterocycles. The first-order valence-electron chi connectivity index (χ1n) is 6.06. The molecule has 1 aliphatic heterocycles. The van der Waals surface area contributed by atoms with E-state index in [1.807, 2.05) is 0 Å². The van der Waals surface area contributed by atoms with Crippen molar-refractivity contribution in [2.75, 3.05) is 19.8 Å². The predicted octanol–water partition coefficient (Wildman–Crippen LogP) is 1.82. The molecule has 0 N–H and O–H groups in total. The van der Waals surface area contributed by atoms with Crippen molar-refractivity contribution in [3.63, 3.8) is 0 Å². The minimum absolute atomic E-state index is 0.0210. The molecule has 1 heterocycles. The summed E-state index contributed by atoms with van der Waals surface area (Å²) in [6.45, 7) is 2.83. The van der Waals surface area contributed by atoms with E-state index in [9.17, 15) is 14.9 Å². The molecule has 2 rings (SSSR count). The van der Waals surface area contributed by atoms with E-state index in [4.69, 9.17) is 9.47 Å². The van der Waals surface area contributed by atoms with E-state index in [0.29, 0.717) is 19.8 Å². The van der Waals surface area contributed by atoms with Crippen LogP contribution in [0.2, 0.25) is 0 Å². The van der Waals surface area contributed by atoms with Crippen LogP contribution < -0.4 is 0 Å². The Bertz CT molecular complexity index is 496. The lowest BCUT2D eigenvalue weighted by Gasteiger charge is -2.41. The SMILES string of the molecule is CCOC(=O)CC1(c2cccc([N+](=O)[O-])c2)COC1. The summed E-state index contributed by atoms with van der Waals surface area (Å²) in [7, 11) is 0. The number of carbonyl (C=O) groups is 1. The van der Waals surface area contributed by atoms with Crippen LogP contribution in [0, 0.1) is 10.1 Å². The third-order valence-corrected chi connectivity index (χ3v) is 3.21. The number of carbonyl (C=O) groups excluding carboxylic acids is 1. The van der Waals surface area contributed by atoms with Gasteiger partial charge >= 0.3 is 5.97 Å². The molecule has 0 aliphatic carbocycles. The van der Waals surface area contributed by atoms with Gasteiger partial charge in [0.2, 0.25) is 0 Å². The number of hydrogen-bond acceptors (Lipinski definition) is 5. The standard InChI is InChI=1S/C13H15NO5/c1-2-19-12(15)7-13(8-18-9-13)10-4-3-5-11(6-10)14(16)17/h3-6H,2,7-9H2,1H3. The molecule has 0 radical (unpaired) electrons. The highest BCUT2D eigenvalue weighted by molar-refractivity contribution is 5.72. The lowest BCUT2D eigenvalue weighted by Crippen LogP contribution is -2.48. The maximum Gasteiger partial charge on any atom is 0.306 e. The van der Waals surface area contributed by atoms with Gasteiger partial charge in [-0.1, -0.05) is 12.1 Å². The van der Waals surface area contributed by atoms with Crippen molar-refractivity contribution in [3.8, 4) is 0 Å². The van der Waals surface area contributed by atoms with Crippen molar-refractivity contribution in [1.29, 1.82) is 0 Å². The van der Waals surface area contributed by atoms with Gasteiger partial charge in [-0.2, -0.15) is 0 Å². The third-order valence-electron chi connectivity index (χ3n) is 3.21. The number of nitro groups is 1. The van der Waals surface area contributed by atoms with Crippen molar-refractivity contribution in [2.24, 2.45) is 0 Å². The maximum atomic E-state index is 11.6. The number of non-ortho nitro benzene ring substituents is 1. The second kappa shape index (κ2) is 5.36. The first kappa shape index (κ1) is 13.5. The van der Waals surface area contributed by atoms with E-state index < -0.39 is 10.3 Å². The smallest absolute Gasteiger partial charge is 0.306 e. The Kier molecular flexibility index (Phi) is 3.80. The number of benzene rings is 1. The van der Waals surface area contributed by atoms with Gasteiger partial charge in [0.25, 0.3) is 5.69 Å². The molecule has 6 heteroatoms. The van der Waals surface area contributed by atoms with Gasteiger partial charge in [-0.25, -0.2) is 0 Å². The molecule has 0 amide bonds. The molecule has 1 aromatic carbocycles. The lowest BCUT2D eigenvalue weighted by atomic mass is 9.76. The van der Waals surface area contributed by atoms with E-state index in [2.05, 4.69) is 0 Å². The Labute approximate surface area is 110 Å². The largest absolute Gasteiger partial charge is 0.466 e. The summed E-state index contributed by atoms with van der Waals surface area (Å²) in [6.07, 6.45) is 0.183. The van der Waals surface area contributed by atoms with E-state index >= 15 is 0 Å². The summed E-state index contributed by atoms with van der Waals surface area (Å²) in [4.78, 5) is 22.0. The summed E-state index contributed by atoms with van der Waals surface area (Å²) in [5.41, 5.74) is 0.284. The molecule has 0 saturated carbocycles. The fourth-order valence-electron chi connectivity index (χ4n) is 2.16. The fraction of sp³-hybridized carbons (Fsp3) is 0.462. The molecule has 1 fully saturated rings. The van der Waals surface area contributed by atoms with Crippen LogP contribution in [0.25, 0.3) is 0 Å². The van der Waals surface area contributed by atoms with Crippen molar-refractivity contribution in [3.05, 3.63) is 39.9 Å². The molecular weight excluding hydrogens is 250 g/mol.